The van der Waals surface area contributed by atoms with Crippen molar-refractivity contribution in [2.45, 2.75) is 0 Å². The van der Waals surface area contributed by atoms with Gasteiger partial charge in [-0.2, -0.15) is 4.99 Å². The largest absolute Gasteiger partial charge is 0.457 e. The van der Waals surface area contributed by atoms with Crippen LogP contribution in [0.15, 0.2) is 81.1 Å². The number of halogens is 2. The number of carbonyl (C=O) groups excluding carboxylic acids is 1. The number of amides is 1. The summed E-state index contributed by atoms with van der Waals surface area (Å²) < 4.78 is 5.87. The summed E-state index contributed by atoms with van der Waals surface area (Å²) in [6.07, 6.45) is 1.53. The number of amidine groups is 2. The highest BCUT2D eigenvalue weighted by molar-refractivity contribution is 8.17. The van der Waals surface area contributed by atoms with Crippen molar-refractivity contribution in [1.29, 1.82) is 5.41 Å². The molecule has 1 amide bonds. The van der Waals surface area contributed by atoms with Crippen molar-refractivity contribution in [1.82, 2.24) is 4.90 Å². The lowest BCUT2D eigenvalue weighted by Crippen LogP contribution is -2.37. The molecule has 0 radical (unpaired) electrons. The van der Waals surface area contributed by atoms with Gasteiger partial charge < -0.3 is 4.42 Å². The first-order valence-electron chi connectivity index (χ1n) is 9.22. The molecule has 0 unspecified atom stereocenters. The normalized spacial score (nSPS) is 17.1. The molecule has 2 aromatic carbocycles. The Morgan fingerprint density at radius 3 is 2.48 bits per heavy atom. The molecule has 0 saturated heterocycles. The van der Waals surface area contributed by atoms with Gasteiger partial charge in [-0.1, -0.05) is 65.3 Å². The lowest BCUT2D eigenvalue weighted by Gasteiger charge is -2.26. The van der Waals surface area contributed by atoms with Gasteiger partial charge in [0.05, 0.1) is 11.3 Å². The van der Waals surface area contributed by atoms with Gasteiger partial charge in [-0.25, -0.2) is 0 Å². The zero-order valence-corrected chi connectivity index (χ0v) is 18.1. The minimum absolute atomic E-state index is 0.0545. The quantitative estimate of drug-likeness (QED) is 0.444. The van der Waals surface area contributed by atoms with Crippen LogP contribution in [0.3, 0.4) is 0 Å². The van der Waals surface area contributed by atoms with Crippen molar-refractivity contribution in [3.8, 4) is 11.3 Å². The molecule has 0 spiro atoms. The predicted octanol–water partition coefficient (Wildman–Crippen LogP) is 6.56. The number of hydrogen-bond donors (Lipinski definition) is 1. The van der Waals surface area contributed by atoms with Crippen LogP contribution in [0.1, 0.15) is 11.3 Å². The Kier molecular flexibility index (Phi) is 5.06. The van der Waals surface area contributed by atoms with E-state index in [1.54, 1.807) is 35.2 Å². The van der Waals surface area contributed by atoms with Crippen molar-refractivity contribution in [2.24, 2.45) is 4.99 Å². The SMILES string of the molecule is N=C1/C(=C\c2ccc(-c3cc(Cl)cc(Cl)c3)o2)C(=O)N=C2SC=C(c3ccccc3)N12. The summed E-state index contributed by atoms with van der Waals surface area (Å²) in [6, 6.07) is 18.3. The van der Waals surface area contributed by atoms with E-state index in [9.17, 15) is 4.79 Å². The van der Waals surface area contributed by atoms with Crippen molar-refractivity contribution in [3.63, 3.8) is 0 Å². The first-order valence-corrected chi connectivity index (χ1v) is 10.9. The Morgan fingerprint density at radius 2 is 1.74 bits per heavy atom. The molecule has 0 atom stereocenters. The number of aliphatic imine (C=N–C) groups is 1. The molecule has 0 saturated carbocycles. The van der Waals surface area contributed by atoms with Crippen LogP contribution >= 0.6 is 35.0 Å². The van der Waals surface area contributed by atoms with E-state index >= 15 is 0 Å². The van der Waals surface area contributed by atoms with Gasteiger partial charge in [0.1, 0.15) is 17.4 Å². The second-order valence-corrected chi connectivity index (χ2v) is 8.50. The fourth-order valence-electron chi connectivity index (χ4n) is 3.34. The third-order valence-electron chi connectivity index (χ3n) is 4.74. The average Bonchev–Trinajstić information content (AvgIpc) is 3.38. The summed E-state index contributed by atoms with van der Waals surface area (Å²) in [6.45, 7) is 0. The van der Waals surface area contributed by atoms with Crippen LogP contribution in [0.4, 0.5) is 0 Å². The number of nitrogens with one attached hydrogen (secondary N) is 1. The molecule has 2 aliphatic rings. The van der Waals surface area contributed by atoms with Crippen LogP contribution < -0.4 is 0 Å². The fourth-order valence-corrected chi connectivity index (χ4v) is 4.75. The summed E-state index contributed by atoms with van der Waals surface area (Å²) in [4.78, 5) is 18.5. The highest BCUT2D eigenvalue weighted by Gasteiger charge is 2.36. The van der Waals surface area contributed by atoms with Crippen LogP contribution in [0, 0.1) is 5.41 Å². The summed E-state index contributed by atoms with van der Waals surface area (Å²) in [5.41, 5.74) is 2.62. The van der Waals surface area contributed by atoms with E-state index < -0.39 is 5.91 Å². The van der Waals surface area contributed by atoms with Crippen LogP contribution in [-0.2, 0) is 4.79 Å². The number of benzene rings is 2. The number of furan rings is 1. The molecule has 0 aliphatic carbocycles. The van der Waals surface area contributed by atoms with Gasteiger partial charge in [-0.05, 0) is 42.0 Å². The Bertz CT molecular complexity index is 1310. The highest BCUT2D eigenvalue weighted by Crippen LogP contribution is 2.37. The molecule has 5 nitrogen and oxygen atoms in total. The average molecular weight is 466 g/mol. The standard InChI is InChI=1S/C23H13Cl2N3O2S/c24-15-8-14(9-16(25)10-15)20-7-6-17(30-20)11-18-21(26)28-19(13-4-2-1-3-5-13)12-31-23(28)27-22(18)29/h1-12,26H/b18-11+,26-21?. The predicted molar refractivity (Wildman–Crippen MR) is 126 cm³/mol. The van der Waals surface area contributed by atoms with Crippen molar-refractivity contribution in [2.75, 3.05) is 0 Å². The number of nitrogens with zero attached hydrogens (tertiary/aromatic N) is 2. The van der Waals surface area contributed by atoms with Gasteiger partial charge in [0.2, 0.25) is 0 Å². The molecule has 3 heterocycles. The van der Waals surface area contributed by atoms with Crippen molar-refractivity contribution >= 4 is 63.6 Å². The Labute approximate surface area is 192 Å². The summed E-state index contributed by atoms with van der Waals surface area (Å²) in [5, 5.41) is 12.0. The fraction of sp³-hybridized carbons (Fsp3) is 0. The van der Waals surface area contributed by atoms with Crippen LogP contribution in [0.25, 0.3) is 23.1 Å². The second kappa shape index (κ2) is 7.89. The first kappa shape index (κ1) is 19.9. The first-order chi connectivity index (χ1) is 15.0. The van der Waals surface area contributed by atoms with Gasteiger partial charge in [0.15, 0.2) is 5.17 Å². The van der Waals surface area contributed by atoms with E-state index in [-0.39, 0.29) is 11.4 Å². The Balaban J connectivity index is 1.49. The van der Waals surface area contributed by atoms with Crippen LogP contribution in [-0.4, -0.2) is 21.8 Å². The molecule has 5 rings (SSSR count). The van der Waals surface area contributed by atoms with Gasteiger partial charge >= 0.3 is 0 Å². The van der Waals surface area contributed by atoms with Crippen LogP contribution in [0.2, 0.25) is 10.0 Å². The number of rotatable bonds is 3. The number of thioether (sulfide) groups is 1. The van der Waals surface area contributed by atoms with E-state index in [4.69, 9.17) is 33.0 Å². The van der Waals surface area contributed by atoms with Gasteiger partial charge in [-0.15, -0.1) is 0 Å². The van der Waals surface area contributed by atoms with Gasteiger partial charge in [0.25, 0.3) is 5.91 Å². The zero-order valence-electron chi connectivity index (χ0n) is 15.8. The molecule has 1 N–H and O–H groups in total. The molecule has 0 bridgehead atoms. The third kappa shape index (κ3) is 3.74. The molecular formula is C23H13Cl2N3O2S. The molecule has 31 heavy (non-hydrogen) atoms. The lowest BCUT2D eigenvalue weighted by atomic mass is 10.1. The maximum Gasteiger partial charge on any atom is 0.283 e. The number of carbonyl (C=O) groups is 1. The lowest BCUT2D eigenvalue weighted by molar-refractivity contribution is -0.114. The monoisotopic (exact) mass is 465 g/mol. The molecule has 3 aromatic rings. The maximum absolute atomic E-state index is 12.6. The molecule has 2 aliphatic heterocycles. The zero-order chi connectivity index (χ0) is 21.5. The minimum atomic E-state index is -0.477. The Morgan fingerprint density at radius 1 is 1.00 bits per heavy atom. The molecule has 152 valence electrons. The van der Waals surface area contributed by atoms with Gasteiger partial charge in [0, 0.05) is 21.0 Å². The molecule has 1 aromatic heterocycles. The topological polar surface area (TPSA) is 69.7 Å². The summed E-state index contributed by atoms with van der Waals surface area (Å²) in [5.74, 6) is 0.556. The molecular weight excluding hydrogens is 453 g/mol. The highest BCUT2D eigenvalue weighted by atomic mass is 35.5. The smallest absolute Gasteiger partial charge is 0.283 e. The van der Waals surface area contributed by atoms with Crippen molar-refractivity contribution in [3.05, 3.63) is 93.0 Å². The maximum atomic E-state index is 12.6. The van der Waals surface area contributed by atoms with Crippen molar-refractivity contribution < 1.29 is 9.21 Å². The number of fused-ring (bicyclic) bond motifs is 1. The van der Waals surface area contributed by atoms with Gasteiger partial charge in [-0.3, -0.25) is 15.1 Å². The van der Waals surface area contributed by atoms with E-state index in [0.717, 1.165) is 16.8 Å². The van der Waals surface area contributed by atoms with Crippen LogP contribution in [0.5, 0.6) is 0 Å². The van der Waals surface area contributed by atoms with E-state index in [1.807, 2.05) is 35.7 Å². The third-order valence-corrected chi connectivity index (χ3v) is 6.01. The van der Waals surface area contributed by atoms with E-state index in [2.05, 4.69) is 4.99 Å². The van der Waals surface area contributed by atoms with E-state index in [0.29, 0.717) is 26.7 Å². The molecule has 8 heteroatoms. The minimum Gasteiger partial charge on any atom is -0.457 e. The second-order valence-electron chi connectivity index (χ2n) is 6.79. The summed E-state index contributed by atoms with van der Waals surface area (Å²) in [7, 11) is 0. The van der Waals surface area contributed by atoms with E-state index in [1.165, 1.54) is 17.8 Å². The Hall–Kier alpha value is -3.06. The number of hydrogen-bond acceptors (Lipinski definition) is 4. The molecule has 0 fully saturated rings. The summed E-state index contributed by atoms with van der Waals surface area (Å²) >= 11 is 13.5.